The number of nitrogens with zero attached hydrogens (tertiary/aromatic N) is 2. The van der Waals surface area contributed by atoms with Gasteiger partial charge in [-0.15, -0.1) is 0 Å². The topological polar surface area (TPSA) is 83.6 Å². The van der Waals surface area contributed by atoms with Gasteiger partial charge in [-0.1, -0.05) is 92.1 Å². The molecule has 0 spiro atoms. The van der Waals surface area contributed by atoms with Crippen molar-refractivity contribution in [3.05, 3.63) is 87.1 Å². The van der Waals surface area contributed by atoms with Gasteiger partial charge in [0.05, 0.1) is 11.6 Å². The van der Waals surface area contributed by atoms with Gasteiger partial charge in [0.1, 0.15) is 11.5 Å². The Hall–Kier alpha value is -3.19. The second kappa shape index (κ2) is 8.87. The Balaban J connectivity index is 1.91. The number of aromatic nitrogens is 1. The number of aliphatic hydroxyl groups excluding tert-OH is 1. The number of benzene rings is 2. The number of ketones is 1. The maximum atomic E-state index is 13.3. The molecule has 2 heterocycles. The first-order valence-electron chi connectivity index (χ1n) is 11.1. The quantitative estimate of drug-likeness (QED) is 0.240. The molecule has 6 nitrogen and oxygen atoms in total. The number of anilines is 1. The minimum atomic E-state index is -0.845. The van der Waals surface area contributed by atoms with Crippen LogP contribution < -0.4 is 4.90 Å². The fourth-order valence-corrected chi connectivity index (χ4v) is 4.21. The van der Waals surface area contributed by atoms with Crippen LogP contribution in [0.4, 0.5) is 5.82 Å². The monoisotopic (exact) mass is 522 g/mol. The highest BCUT2D eigenvalue weighted by atomic mass is 79.9. The van der Waals surface area contributed by atoms with E-state index in [2.05, 4.69) is 34.9 Å². The zero-order valence-corrected chi connectivity index (χ0v) is 21.4. The van der Waals surface area contributed by atoms with Crippen molar-refractivity contribution < 1.29 is 19.2 Å². The van der Waals surface area contributed by atoms with Crippen LogP contribution in [0.15, 0.2) is 69.2 Å². The minimum absolute atomic E-state index is 0.0185. The lowest BCUT2D eigenvalue weighted by molar-refractivity contribution is -0.132. The van der Waals surface area contributed by atoms with Crippen LogP contribution >= 0.6 is 15.9 Å². The molecule has 2 aromatic carbocycles. The molecule has 0 aliphatic carbocycles. The van der Waals surface area contributed by atoms with E-state index in [1.807, 2.05) is 45.0 Å². The summed E-state index contributed by atoms with van der Waals surface area (Å²) in [6, 6.07) is 15.5. The molecule has 1 unspecified atom stereocenters. The van der Waals surface area contributed by atoms with Crippen LogP contribution in [0.1, 0.15) is 69.0 Å². The van der Waals surface area contributed by atoms with Gasteiger partial charge in [-0.05, 0) is 29.2 Å². The van der Waals surface area contributed by atoms with Gasteiger partial charge in [0.2, 0.25) is 0 Å². The summed E-state index contributed by atoms with van der Waals surface area (Å²) in [5, 5.41) is 15.3. The van der Waals surface area contributed by atoms with Crippen molar-refractivity contribution in [2.45, 2.75) is 52.0 Å². The summed E-state index contributed by atoms with van der Waals surface area (Å²) in [5.74, 6) is -0.603. The van der Waals surface area contributed by atoms with E-state index in [0.717, 1.165) is 10.0 Å². The lowest BCUT2D eigenvalue weighted by Crippen LogP contribution is -2.29. The van der Waals surface area contributed by atoms with Crippen LogP contribution in [-0.4, -0.2) is 22.0 Å². The number of amides is 1. The number of carbonyl (C=O) groups excluding carboxylic acids is 2. The van der Waals surface area contributed by atoms with Crippen molar-refractivity contribution in [2.24, 2.45) is 0 Å². The second-order valence-corrected chi connectivity index (χ2v) is 10.7. The van der Waals surface area contributed by atoms with Crippen LogP contribution in [0.3, 0.4) is 0 Å². The third-order valence-corrected chi connectivity index (χ3v) is 6.49. The Morgan fingerprint density at radius 2 is 1.68 bits per heavy atom. The lowest BCUT2D eigenvalue weighted by Gasteiger charge is -2.23. The van der Waals surface area contributed by atoms with E-state index in [0.29, 0.717) is 22.8 Å². The van der Waals surface area contributed by atoms with Gasteiger partial charge in [0.15, 0.2) is 5.82 Å². The standard InChI is InChI=1S/C27H27BrN2O4/c1-15(2)16-6-8-17(9-7-16)23-22(24(31)18-10-12-19(28)13-11-18)25(32)26(33)30(23)21-14-20(34-29-21)27(3,4)5/h6-15,23,31H,1-5H3. The van der Waals surface area contributed by atoms with Crippen molar-refractivity contribution in [2.75, 3.05) is 4.90 Å². The molecular formula is C27H27BrN2O4. The second-order valence-electron chi connectivity index (χ2n) is 9.80. The van der Waals surface area contributed by atoms with Crippen LogP contribution in [-0.2, 0) is 15.0 Å². The highest BCUT2D eigenvalue weighted by Crippen LogP contribution is 2.43. The molecule has 0 radical (unpaired) electrons. The molecule has 7 heteroatoms. The number of Topliss-reactive ketones (excluding diaryl/α,β-unsaturated/α-hetero) is 1. The molecular weight excluding hydrogens is 496 g/mol. The average molecular weight is 523 g/mol. The van der Waals surface area contributed by atoms with Gasteiger partial charge in [-0.3, -0.25) is 14.5 Å². The zero-order chi connectivity index (χ0) is 24.8. The molecule has 34 heavy (non-hydrogen) atoms. The Labute approximate surface area is 207 Å². The number of aliphatic hydroxyl groups is 1. The molecule has 1 N–H and O–H groups in total. The third-order valence-electron chi connectivity index (χ3n) is 5.96. The largest absolute Gasteiger partial charge is 0.507 e. The summed E-state index contributed by atoms with van der Waals surface area (Å²) in [5.41, 5.74) is 1.96. The van der Waals surface area contributed by atoms with Crippen molar-refractivity contribution in [3.8, 4) is 0 Å². The van der Waals surface area contributed by atoms with E-state index in [-0.39, 0.29) is 22.6 Å². The Morgan fingerprint density at radius 3 is 2.21 bits per heavy atom. The maximum Gasteiger partial charge on any atom is 0.301 e. The Kier molecular flexibility index (Phi) is 6.25. The normalized spacial score (nSPS) is 18.2. The third kappa shape index (κ3) is 4.32. The number of hydrogen-bond acceptors (Lipinski definition) is 5. The molecule has 1 amide bonds. The van der Waals surface area contributed by atoms with Gasteiger partial charge in [-0.2, -0.15) is 0 Å². The van der Waals surface area contributed by atoms with Crippen molar-refractivity contribution in [3.63, 3.8) is 0 Å². The summed E-state index contributed by atoms with van der Waals surface area (Å²) in [6.07, 6.45) is 0. The summed E-state index contributed by atoms with van der Waals surface area (Å²) in [6.45, 7) is 10.1. The maximum absolute atomic E-state index is 13.3. The number of hydrogen-bond donors (Lipinski definition) is 1. The van der Waals surface area contributed by atoms with E-state index in [1.54, 1.807) is 30.3 Å². The molecule has 1 saturated heterocycles. The first-order valence-corrected chi connectivity index (χ1v) is 11.9. The summed E-state index contributed by atoms with van der Waals surface area (Å²) in [7, 11) is 0. The van der Waals surface area contributed by atoms with Crippen molar-refractivity contribution in [1.29, 1.82) is 0 Å². The molecule has 1 aromatic heterocycles. The summed E-state index contributed by atoms with van der Waals surface area (Å²) < 4.78 is 6.35. The molecule has 1 atom stereocenters. The molecule has 1 fully saturated rings. The van der Waals surface area contributed by atoms with E-state index in [4.69, 9.17) is 4.52 Å². The predicted molar refractivity (Wildman–Crippen MR) is 135 cm³/mol. The fraction of sp³-hybridized carbons (Fsp3) is 0.296. The summed E-state index contributed by atoms with van der Waals surface area (Å²) >= 11 is 3.38. The van der Waals surface area contributed by atoms with E-state index in [1.165, 1.54) is 4.90 Å². The average Bonchev–Trinajstić information content (AvgIpc) is 3.37. The first-order chi connectivity index (χ1) is 16.0. The fourth-order valence-electron chi connectivity index (χ4n) is 3.94. The van der Waals surface area contributed by atoms with Crippen LogP contribution in [0.2, 0.25) is 0 Å². The molecule has 176 valence electrons. The molecule has 0 bridgehead atoms. The van der Waals surface area contributed by atoms with Gasteiger partial charge in [0.25, 0.3) is 5.78 Å². The van der Waals surface area contributed by atoms with E-state index >= 15 is 0 Å². The molecule has 3 aromatic rings. The zero-order valence-electron chi connectivity index (χ0n) is 19.8. The van der Waals surface area contributed by atoms with Gasteiger partial charge < -0.3 is 9.63 Å². The highest BCUT2D eigenvalue weighted by molar-refractivity contribution is 9.10. The van der Waals surface area contributed by atoms with Crippen LogP contribution in [0.5, 0.6) is 0 Å². The van der Waals surface area contributed by atoms with Crippen LogP contribution in [0.25, 0.3) is 5.76 Å². The van der Waals surface area contributed by atoms with Crippen molar-refractivity contribution in [1.82, 2.24) is 5.16 Å². The molecule has 4 rings (SSSR count). The Morgan fingerprint density at radius 1 is 1.06 bits per heavy atom. The van der Waals surface area contributed by atoms with Gasteiger partial charge >= 0.3 is 5.91 Å². The molecule has 1 aliphatic rings. The predicted octanol–water partition coefficient (Wildman–Crippen LogP) is 6.48. The summed E-state index contributed by atoms with van der Waals surface area (Å²) in [4.78, 5) is 27.8. The van der Waals surface area contributed by atoms with Crippen LogP contribution in [0, 0.1) is 0 Å². The van der Waals surface area contributed by atoms with Gasteiger partial charge in [-0.25, -0.2) is 0 Å². The number of halogens is 1. The molecule has 1 aliphatic heterocycles. The van der Waals surface area contributed by atoms with Gasteiger partial charge in [0, 0.05) is 21.5 Å². The number of rotatable bonds is 4. The SMILES string of the molecule is CC(C)c1ccc(C2C(=C(O)c3ccc(Br)cc3)C(=O)C(=O)N2c2cc(C(C)(C)C)on2)cc1. The first kappa shape index (κ1) is 24.0. The Bertz CT molecular complexity index is 1270. The smallest absolute Gasteiger partial charge is 0.301 e. The highest BCUT2D eigenvalue weighted by Gasteiger charge is 2.48. The molecule has 0 saturated carbocycles. The van der Waals surface area contributed by atoms with E-state index in [9.17, 15) is 14.7 Å². The minimum Gasteiger partial charge on any atom is -0.507 e. The lowest BCUT2D eigenvalue weighted by atomic mass is 9.92. The number of carbonyl (C=O) groups is 2. The van der Waals surface area contributed by atoms with E-state index < -0.39 is 17.7 Å². The van der Waals surface area contributed by atoms with Crippen molar-refractivity contribution >= 4 is 39.2 Å².